The van der Waals surface area contributed by atoms with Gasteiger partial charge in [-0.1, -0.05) is 65.7 Å². The van der Waals surface area contributed by atoms with E-state index in [0.717, 1.165) is 5.56 Å². The van der Waals surface area contributed by atoms with Crippen molar-refractivity contribution in [3.8, 4) is 0 Å². The summed E-state index contributed by atoms with van der Waals surface area (Å²) in [5, 5.41) is 5.09. The van der Waals surface area contributed by atoms with E-state index < -0.39 is 23.0 Å². The molecule has 2 atom stereocenters. The monoisotopic (exact) mass is 593 g/mol. The van der Waals surface area contributed by atoms with Gasteiger partial charge in [0.05, 0.1) is 27.7 Å². The van der Waals surface area contributed by atoms with Crippen molar-refractivity contribution in [1.29, 1.82) is 0 Å². The molecule has 4 rings (SSSR count). The van der Waals surface area contributed by atoms with E-state index in [4.69, 9.17) is 33.7 Å². The van der Waals surface area contributed by atoms with Gasteiger partial charge < -0.3 is 26.0 Å². The van der Waals surface area contributed by atoms with Gasteiger partial charge in [-0.05, 0) is 42.8 Å². The van der Waals surface area contributed by atoms with E-state index in [1.807, 2.05) is 18.2 Å². The number of carbonyl (C=O) groups is 3. The maximum Gasteiger partial charge on any atom is 0.251 e. The van der Waals surface area contributed by atoms with Gasteiger partial charge in [0, 0.05) is 31.3 Å². The molecule has 212 valence electrons. The van der Waals surface area contributed by atoms with Crippen LogP contribution in [0.25, 0.3) is 12.0 Å². The first-order chi connectivity index (χ1) is 19.6. The number of nitrogens with two attached hydrogens (primary N) is 1. The molecule has 9 nitrogen and oxygen atoms in total. The fraction of sp³-hybridized carbons (Fsp3) is 0.200. The van der Waals surface area contributed by atoms with Crippen LogP contribution in [0.5, 0.6) is 0 Å². The molecule has 1 aliphatic rings. The summed E-state index contributed by atoms with van der Waals surface area (Å²) in [6, 6.07) is 19.1. The Morgan fingerprint density at radius 3 is 2.41 bits per heavy atom. The summed E-state index contributed by atoms with van der Waals surface area (Å²) in [5.41, 5.74) is 7.72. The molecule has 41 heavy (non-hydrogen) atoms. The third kappa shape index (κ3) is 6.59. The normalized spacial score (nSPS) is 16.9. The summed E-state index contributed by atoms with van der Waals surface area (Å²) < 4.78 is 6.46. The largest absolute Gasteiger partial charge is 0.451 e. The van der Waals surface area contributed by atoms with Crippen molar-refractivity contribution < 1.29 is 19.1 Å². The molecule has 3 aromatic rings. The lowest BCUT2D eigenvalue weighted by atomic mass is 10.1. The Morgan fingerprint density at radius 2 is 1.78 bits per heavy atom. The molecule has 0 aliphatic carbocycles. The second kappa shape index (κ2) is 12.6. The Balaban J connectivity index is 1.73. The Labute approximate surface area is 247 Å². The van der Waals surface area contributed by atoms with Gasteiger partial charge in [0.25, 0.3) is 5.91 Å². The zero-order valence-electron chi connectivity index (χ0n) is 22.7. The van der Waals surface area contributed by atoms with Gasteiger partial charge in [0.2, 0.25) is 23.1 Å². The number of nitrogens with zero attached hydrogens (tertiary/aromatic N) is 2. The van der Waals surface area contributed by atoms with Gasteiger partial charge in [-0.2, -0.15) is 0 Å². The van der Waals surface area contributed by atoms with E-state index in [9.17, 15) is 14.4 Å². The number of ether oxygens (including phenoxy) is 1. The summed E-state index contributed by atoms with van der Waals surface area (Å²) in [4.78, 5) is 43.9. The number of rotatable bonds is 9. The van der Waals surface area contributed by atoms with Crippen LogP contribution < -0.4 is 26.9 Å². The van der Waals surface area contributed by atoms with Gasteiger partial charge in [-0.3, -0.25) is 14.4 Å². The highest BCUT2D eigenvalue weighted by Crippen LogP contribution is 2.30. The minimum atomic E-state index is -1.26. The second-order valence-electron chi connectivity index (χ2n) is 9.28. The van der Waals surface area contributed by atoms with E-state index in [0.29, 0.717) is 21.7 Å². The smallest absolute Gasteiger partial charge is 0.251 e. The molecule has 0 aromatic heterocycles. The van der Waals surface area contributed by atoms with E-state index >= 15 is 0 Å². The molecule has 2 amide bonds. The molecule has 1 aliphatic heterocycles. The van der Waals surface area contributed by atoms with Crippen LogP contribution in [0, 0.1) is 0 Å². The average Bonchev–Trinajstić information content (AvgIpc) is 2.98. The fourth-order valence-electron chi connectivity index (χ4n) is 4.20. The lowest BCUT2D eigenvalue weighted by molar-refractivity contribution is -0.119. The van der Waals surface area contributed by atoms with Crippen LogP contribution in [0.15, 0.2) is 77.8 Å². The lowest BCUT2D eigenvalue weighted by Gasteiger charge is -2.37. The third-order valence-electron chi connectivity index (χ3n) is 6.48. The number of benzene rings is 3. The standard InChI is InChI=1S/C30H29Cl2N5O4/c1-30(32)36-22-15-14-21(31)25(23(38)17-33)26(22)29(37(30)3)41-28(20-7-5-4-6-8-20)35-24(39)16-11-18-9-12-19(13-10-18)27(40)34-2/h4-16,28H,17,33H2,1-3H3,(H,34,40)(H,35,39). The third-order valence-corrected chi connectivity index (χ3v) is 7.14. The number of Topliss-reactive ketones (excluding diaryl/α,β-unsaturated/α-hetero) is 1. The number of halogens is 2. The van der Waals surface area contributed by atoms with Crippen LogP contribution in [-0.4, -0.2) is 48.3 Å². The Kier molecular flexibility index (Phi) is 9.12. The number of amides is 2. The number of hydrogen-bond acceptors (Lipinski definition) is 7. The molecular formula is C30H29Cl2N5O4. The Morgan fingerprint density at radius 1 is 1.10 bits per heavy atom. The molecule has 0 spiro atoms. The predicted molar refractivity (Wildman–Crippen MR) is 158 cm³/mol. The average molecular weight is 594 g/mol. The van der Waals surface area contributed by atoms with Crippen LogP contribution in [0.4, 0.5) is 0 Å². The zero-order chi connectivity index (χ0) is 29.7. The minimum absolute atomic E-state index is 0.155. The van der Waals surface area contributed by atoms with Crippen molar-refractivity contribution in [3.63, 3.8) is 0 Å². The highest BCUT2D eigenvalue weighted by molar-refractivity contribution is 6.34. The van der Waals surface area contributed by atoms with Crippen molar-refractivity contribution in [1.82, 2.24) is 15.5 Å². The molecule has 0 fully saturated rings. The van der Waals surface area contributed by atoms with Gasteiger partial charge in [-0.15, -0.1) is 0 Å². The predicted octanol–water partition coefficient (Wildman–Crippen LogP) is 2.93. The number of ketones is 1. The topological polar surface area (TPSA) is 126 Å². The number of carbonyl (C=O) groups excluding carboxylic acids is 3. The van der Waals surface area contributed by atoms with Crippen molar-refractivity contribution in [2.45, 2.75) is 18.3 Å². The first-order valence-corrected chi connectivity index (χ1v) is 13.4. The lowest BCUT2D eigenvalue weighted by Crippen LogP contribution is -2.51. The van der Waals surface area contributed by atoms with E-state index in [1.165, 1.54) is 6.08 Å². The number of hydrogen-bond donors (Lipinski definition) is 3. The van der Waals surface area contributed by atoms with Crippen LogP contribution in [0.3, 0.4) is 0 Å². The van der Waals surface area contributed by atoms with E-state index in [1.54, 1.807) is 80.5 Å². The Hall–Kier alpha value is -4.18. The molecule has 1 heterocycles. The first-order valence-electron chi connectivity index (χ1n) is 12.7. The Bertz CT molecular complexity index is 1620. The quantitative estimate of drug-likeness (QED) is 0.115. The van der Waals surface area contributed by atoms with Crippen molar-refractivity contribution in [2.75, 3.05) is 20.6 Å². The molecule has 0 bridgehead atoms. The van der Waals surface area contributed by atoms with Gasteiger partial charge in [0.1, 0.15) is 0 Å². The zero-order valence-corrected chi connectivity index (χ0v) is 24.2. The fourth-order valence-corrected chi connectivity index (χ4v) is 4.63. The summed E-state index contributed by atoms with van der Waals surface area (Å²) in [6.07, 6.45) is 1.99. The van der Waals surface area contributed by atoms with Crippen LogP contribution in [0.1, 0.15) is 45.0 Å². The van der Waals surface area contributed by atoms with Crippen LogP contribution in [-0.2, 0) is 9.53 Å². The molecule has 0 saturated carbocycles. The maximum atomic E-state index is 13.1. The molecule has 2 unspecified atom stereocenters. The second-order valence-corrected chi connectivity index (χ2v) is 10.4. The van der Waals surface area contributed by atoms with Crippen molar-refractivity contribution >= 4 is 52.8 Å². The first kappa shape index (κ1) is 29.8. The van der Waals surface area contributed by atoms with Gasteiger partial charge in [-0.25, -0.2) is 4.99 Å². The SMILES string of the molecule is CNC(=O)c1ccc(C=CC(=O)NC(OC2=c3c(C(=O)CN)c(Cl)ccc3=NC(C)(Cl)N2C)c2ccccc2)cc1. The van der Waals surface area contributed by atoms with Gasteiger partial charge in [0.15, 0.2) is 5.78 Å². The molecule has 0 saturated heterocycles. The van der Waals surface area contributed by atoms with E-state index in [-0.39, 0.29) is 28.9 Å². The summed E-state index contributed by atoms with van der Waals surface area (Å²) in [6.45, 7) is 1.40. The number of fused-ring (bicyclic) bond motifs is 1. The highest BCUT2D eigenvalue weighted by atomic mass is 35.5. The number of nitrogens with one attached hydrogen (secondary N) is 2. The molecular weight excluding hydrogens is 565 g/mol. The molecule has 3 aromatic carbocycles. The van der Waals surface area contributed by atoms with Crippen LogP contribution >= 0.6 is 23.2 Å². The number of alkyl halides is 1. The molecule has 0 radical (unpaired) electrons. The highest BCUT2D eigenvalue weighted by Gasteiger charge is 2.35. The summed E-state index contributed by atoms with van der Waals surface area (Å²) >= 11 is 13.2. The minimum Gasteiger partial charge on any atom is -0.451 e. The molecule has 11 heteroatoms. The van der Waals surface area contributed by atoms with E-state index in [2.05, 4.69) is 15.6 Å². The van der Waals surface area contributed by atoms with Crippen molar-refractivity contribution in [2.24, 2.45) is 10.7 Å². The molecule has 4 N–H and O–H groups in total. The maximum absolute atomic E-state index is 13.1. The van der Waals surface area contributed by atoms with Crippen LogP contribution in [0.2, 0.25) is 5.02 Å². The summed E-state index contributed by atoms with van der Waals surface area (Å²) in [7, 11) is 3.22. The van der Waals surface area contributed by atoms with Crippen molar-refractivity contribution in [3.05, 3.63) is 111 Å². The summed E-state index contributed by atoms with van der Waals surface area (Å²) in [5.74, 6) is -0.863. The van der Waals surface area contributed by atoms with Gasteiger partial charge >= 0.3 is 0 Å².